The van der Waals surface area contributed by atoms with Gasteiger partial charge < -0.3 is 35.3 Å². The lowest BCUT2D eigenvalue weighted by molar-refractivity contribution is -0.125. The number of hydrogen-bond donors (Lipinski definition) is 2. The van der Waals surface area contributed by atoms with Crippen LogP contribution in [0.2, 0.25) is 10.0 Å². The zero-order valence-electron chi connectivity index (χ0n) is 24.3. The van der Waals surface area contributed by atoms with E-state index < -0.39 is 11.0 Å². The molecule has 1 aliphatic rings. The van der Waals surface area contributed by atoms with Crippen molar-refractivity contribution >= 4 is 29.1 Å². The molecule has 42 heavy (non-hydrogen) atoms. The number of likely N-dealkylation sites (tertiary alicyclic amines) is 1. The van der Waals surface area contributed by atoms with E-state index in [1.807, 2.05) is 48.5 Å². The first-order valence-corrected chi connectivity index (χ1v) is 14.6. The highest BCUT2D eigenvalue weighted by Crippen LogP contribution is 2.39. The summed E-state index contributed by atoms with van der Waals surface area (Å²) in [5.74, 6) is 1.33. The summed E-state index contributed by atoms with van der Waals surface area (Å²) in [6, 6.07) is 19.0. The van der Waals surface area contributed by atoms with Crippen molar-refractivity contribution < 1.29 is 23.7 Å². The van der Waals surface area contributed by atoms with Crippen LogP contribution in [0.25, 0.3) is 0 Å². The van der Waals surface area contributed by atoms with Crippen LogP contribution in [0.1, 0.15) is 36.0 Å². The number of hydrogen-bond acceptors (Lipinski definition) is 7. The summed E-state index contributed by atoms with van der Waals surface area (Å²) >= 11 is 12.6. The van der Waals surface area contributed by atoms with E-state index >= 15 is 0 Å². The van der Waals surface area contributed by atoms with E-state index in [9.17, 15) is 4.79 Å². The molecule has 1 atom stereocenters. The Morgan fingerprint density at radius 1 is 0.929 bits per heavy atom. The van der Waals surface area contributed by atoms with Crippen LogP contribution in [0.4, 0.5) is 0 Å². The molecular formula is C32H39Cl2N3O5. The normalized spacial score (nSPS) is 16.4. The van der Waals surface area contributed by atoms with E-state index in [-0.39, 0.29) is 19.1 Å². The summed E-state index contributed by atoms with van der Waals surface area (Å²) < 4.78 is 22.6. The molecule has 0 aliphatic carbocycles. The van der Waals surface area contributed by atoms with E-state index in [1.165, 1.54) is 0 Å². The molecule has 1 heterocycles. The predicted molar refractivity (Wildman–Crippen MR) is 166 cm³/mol. The zero-order chi connectivity index (χ0) is 30.3. The van der Waals surface area contributed by atoms with Crippen LogP contribution in [0.15, 0.2) is 60.7 Å². The second-order valence-corrected chi connectivity index (χ2v) is 11.5. The lowest BCUT2D eigenvalue weighted by atomic mass is 9.72. The van der Waals surface area contributed by atoms with Crippen molar-refractivity contribution in [2.75, 3.05) is 47.6 Å². The molecule has 0 radical (unpaired) electrons. The highest BCUT2D eigenvalue weighted by atomic mass is 35.5. The number of rotatable bonds is 13. The van der Waals surface area contributed by atoms with Crippen molar-refractivity contribution in [1.82, 2.24) is 4.90 Å². The van der Waals surface area contributed by atoms with Crippen molar-refractivity contribution in [3.05, 3.63) is 87.4 Å². The Balaban J connectivity index is 1.47. The number of nitrogens with two attached hydrogens (primary N) is 2. The summed E-state index contributed by atoms with van der Waals surface area (Å²) in [6.45, 7) is 2.65. The quantitative estimate of drug-likeness (QED) is 0.268. The van der Waals surface area contributed by atoms with Crippen molar-refractivity contribution in [1.29, 1.82) is 0 Å². The Kier molecular flexibility index (Phi) is 10.6. The van der Waals surface area contributed by atoms with Gasteiger partial charge in [-0.15, -0.1) is 0 Å². The molecule has 0 spiro atoms. The summed E-state index contributed by atoms with van der Waals surface area (Å²) in [4.78, 5) is 14.9. The maximum Gasteiger partial charge on any atom is 0.228 e. The van der Waals surface area contributed by atoms with Crippen LogP contribution in [-0.4, -0.2) is 58.4 Å². The summed E-state index contributed by atoms with van der Waals surface area (Å²) in [6.07, 6.45) is 1.89. The maximum absolute atomic E-state index is 12.6. The van der Waals surface area contributed by atoms with Gasteiger partial charge in [-0.2, -0.15) is 0 Å². The molecule has 0 aromatic heterocycles. The fraction of sp³-hybridized carbons (Fsp3) is 0.406. The van der Waals surface area contributed by atoms with Gasteiger partial charge in [-0.3, -0.25) is 4.79 Å². The van der Waals surface area contributed by atoms with Gasteiger partial charge in [0.15, 0.2) is 11.5 Å². The lowest BCUT2D eigenvalue weighted by Gasteiger charge is -2.41. The van der Waals surface area contributed by atoms with Gasteiger partial charge in [0.05, 0.1) is 55.5 Å². The van der Waals surface area contributed by atoms with Gasteiger partial charge >= 0.3 is 0 Å². The van der Waals surface area contributed by atoms with Crippen molar-refractivity contribution in [3.63, 3.8) is 0 Å². The number of primary amides is 1. The molecule has 3 aromatic rings. The first kappa shape index (κ1) is 31.9. The maximum atomic E-state index is 12.6. The Hall–Kier alpha value is -3.01. The summed E-state index contributed by atoms with van der Waals surface area (Å²) in [5, 5.41) is 0.890. The van der Waals surface area contributed by atoms with E-state index in [0.29, 0.717) is 53.1 Å². The second-order valence-electron chi connectivity index (χ2n) is 10.7. The number of benzene rings is 3. The summed E-state index contributed by atoms with van der Waals surface area (Å²) in [5.41, 5.74) is 14.1. The van der Waals surface area contributed by atoms with Crippen LogP contribution in [-0.2, 0) is 27.1 Å². The molecule has 4 rings (SSSR count). The molecular weight excluding hydrogens is 577 g/mol. The van der Waals surface area contributed by atoms with Gasteiger partial charge in [-0.05, 0) is 73.3 Å². The minimum absolute atomic E-state index is 0.227. The third-order valence-corrected chi connectivity index (χ3v) is 8.97. The number of carbonyl (C=O) groups is 1. The Morgan fingerprint density at radius 2 is 1.57 bits per heavy atom. The number of ether oxygens (including phenoxy) is 4. The molecule has 0 saturated carbocycles. The van der Waals surface area contributed by atoms with E-state index in [2.05, 4.69) is 4.90 Å². The number of amides is 1. The monoisotopic (exact) mass is 615 g/mol. The minimum atomic E-state index is -0.855. The highest BCUT2D eigenvalue weighted by molar-refractivity contribution is 6.42. The topological polar surface area (TPSA) is 109 Å². The van der Waals surface area contributed by atoms with Gasteiger partial charge in [-0.25, -0.2) is 0 Å². The third kappa shape index (κ3) is 6.96. The van der Waals surface area contributed by atoms with E-state index in [0.717, 1.165) is 29.8 Å². The minimum Gasteiger partial charge on any atom is -0.493 e. The highest BCUT2D eigenvalue weighted by Gasteiger charge is 2.41. The smallest absolute Gasteiger partial charge is 0.228 e. The molecule has 4 N–H and O–H groups in total. The third-order valence-electron chi connectivity index (χ3n) is 8.23. The fourth-order valence-corrected chi connectivity index (χ4v) is 5.92. The number of methoxy groups -OCH3 is 3. The Morgan fingerprint density at radius 3 is 2.12 bits per heavy atom. The van der Waals surface area contributed by atoms with Gasteiger partial charge in [0.1, 0.15) is 0 Å². The molecule has 3 aromatic carbocycles. The average molecular weight is 617 g/mol. The molecule has 1 fully saturated rings. The van der Waals surface area contributed by atoms with Crippen LogP contribution in [0.5, 0.6) is 17.2 Å². The Labute approximate surface area is 257 Å². The molecule has 10 heteroatoms. The van der Waals surface area contributed by atoms with Crippen molar-refractivity contribution in [2.45, 2.75) is 36.8 Å². The van der Waals surface area contributed by atoms with Crippen molar-refractivity contribution in [3.8, 4) is 17.2 Å². The summed E-state index contributed by atoms with van der Waals surface area (Å²) in [7, 11) is 4.71. The second kappa shape index (κ2) is 14.0. The van der Waals surface area contributed by atoms with Crippen molar-refractivity contribution in [2.24, 2.45) is 11.5 Å². The predicted octanol–water partition coefficient (Wildman–Crippen LogP) is 5.30. The molecule has 1 aliphatic heterocycles. The molecule has 226 valence electrons. The first-order chi connectivity index (χ1) is 20.2. The molecule has 1 saturated heterocycles. The van der Waals surface area contributed by atoms with Crippen LogP contribution >= 0.6 is 23.2 Å². The lowest BCUT2D eigenvalue weighted by Crippen LogP contribution is -2.51. The molecule has 0 bridgehead atoms. The number of piperidine rings is 1. The average Bonchev–Trinajstić information content (AvgIpc) is 3.01. The number of nitrogens with zero attached hydrogens (tertiary/aromatic N) is 1. The fourth-order valence-electron chi connectivity index (χ4n) is 5.63. The van der Waals surface area contributed by atoms with Gasteiger partial charge in [0.2, 0.25) is 11.7 Å². The first-order valence-electron chi connectivity index (χ1n) is 13.8. The van der Waals surface area contributed by atoms with E-state index in [1.54, 1.807) is 33.5 Å². The standard InChI is InChI=1S/C32H39Cl2N3O5/c1-39-27-17-22(18-28(40-2)29(27)41-3)20-42-21-32(36,24-9-10-25(33)26(34)19-24)13-16-37-14-11-31(12-15-37,30(35)38)23-7-5-4-6-8-23/h4-10,17-19H,11-16,20-21,36H2,1-3H3,(H2,35,38). The SMILES string of the molecule is COc1cc(COCC(N)(CCN2CCC(C(N)=O)(c3ccccc3)CC2)c2ccc(Cl)c(Cl)c2)cc(OC)c1OC. The zero-order valence-corrected chi connectivity index (χ0v) is 25.8. The van der Waals surface area contributed by atoms with Gasteiger partial charge in [0.25, 0.3) is 0 Å². The van der Waals surface area contributed by atoms with Crippen LogP contribution in [0, 0.1) is 0 Å². The van der Waals surface area contributed by atoms with Crippen LogP contribution < -0.4 is 25.7 Å². The van der Waals surface area contributed by atoms with E-state index in [4.69, 9.17) is 53.6 Å². The molecule has 1 unspecified atom stereocenters. The van der Waals surface area contributed by atoms with Gasteiger partial charge in [0, 0.05) is 6.54 Å². The van der Waals surface area contributed by atoms with Gasteiger partial charge in [-0.1, -0.05) is 59.6 Å². The largest absolute Gasteiger partial charge is 0.493 e. The number of halogens is 2. The molecule has 1 amide bonds. The number of carbonyl (C=O) groups excluding carboxylic acids is 1. The molecule has 8 nitrogen and oxygen atoms in total. The Bertz CT molecular complexity index is 1340. The van der Waals surface area contributed by atoms with Crippen LogP contribution in [0.3, 0.4) is 0 Å².